The molecule has 1 N–H and O–H groups in total. The van der Waals surface area contributed by atoms with Crippen LogP contribution in [0.2, 0.25) is 0 Å². The monoisotopic (exact) mass is 285 g/mol. The topological polar surface area (TPSA) is 30.5 Å². The molecule has 0 radical (unpaired) electrons. The standard InChI is InChI=1S/C18H23NO2/c1-13-5-10-18(21-4)16(11-13)12-19-14(2)15-6-8-17(20-3)9-7-15/h5-11,14,19H,12H2,1-4H3. The zero-order chi connectivity index (χ0) is 15.2. The maximum absolute atomic E-state index is 5.41. The molecule has 0 heterocycles. The third-order valence-electron chi connectivity index (χ3n) is 3.65. The summed E-state index contributed by atoms with van der Waals surface area (Å²) in [6.45, 7) is 5.03. The second kappa shape index (κ2) is 7.14. The van der Waals surface area contributed by atoms with Crippen LogP contribution in [0.1, 0.15) is 29.7 Å². The predicted octanol–water partition coefficient (Wildman–Crippen LogP) is 3.86. The molecule has 112 valence electrons. The van der Waals surface area contributed by atoms with Crippen LogP contribution >= 0.6 is 0 Å². The van der Waals surface area contributed by atoms with Gasteiger partial charge in [0.05, 0.1) is 14.2 Å². The van der Waals surface area contributed by atoms with Crippen LogP contribution in [0, 0.1) is 6.92 Å². The third kappa shape index (κ3) is 3.99. The van der Waals surface area contributed by atoms with E-state index in [-0.39, 0.29) is 6.04 Å². The van der Waals surface area contributed by atoms with Crippen molar-refractivity contribution in [1.29, 1.82) is 0 Å². The lowest BCUT2D eigenvalue weighted by Gasteiger charge is -2.16. The van der Waals surface area contributed by atoms with E-state index in [1.165, 1.54) is 16.7 Å². The minimum absolute atomic E-state index is 0.265. The Labute approximate surface area is 126 Å². The molecule has 0 bridgehead atoms. The van der Waals surface area contributed by atoms with Crippen molar-refractivity contribution in [3.05, 3.63) is 59.2 Å². The van der Waals surface area contributed by atoms with Gasteiger partial charge in [-0.15, -0.1) is 0 Å². The number of hydrogen-bond acceptors (Lipinski definition) is 3. The van der Waals surface area contributed by atoms with Gasteiger partial charge in [-0.25, -0.2) is 0 Å². The van der Waals surface area contributed by atoms with Crippen LogP contribution in [-0.4, -0.2) is 14.2 Å². The maximum atomic E-state index is 5.41. The van der Waals surface area contributed by atoms with Gasteiger partial charge in [-0.3, -0.25) is 0 Å². The summed E-state index contributed by atoms with van der Waals surface area (Å²) in [5.74, 6) is 1.81. The van der Waals surface area contributed by atoms with Crippen LogP contribution in [0.5, 0.6) is 11.5 Å². The molecule has 0 aliphatic heterocycles. The molecule has 0 aromatic heterocycles. The fourth-order valence-corrected chi connectivity index (χ4v) is 2.32. The van der Waals surface area contributed by atoms with Gasteiger partial charge in [0, 0.05) is 18.2 Å². The van der Waals surface area contributed by atoms with Crippen LogP contribution in [0.25, 0.3) is 0 Å². The summed E-state index contributed by atoms with van der Waals surface area (Å²) in [6, 6.07) is 14.7. The number of methoxy groups -OCH3 is 2. The summed E-state index contributed by atoms with van der Waals surface area (Å²) in [5, 5.41) is 3.53. The molecular formula is C18H23NO2. The zero-order valence-corrected chi connectivity index (χ0v) is 13.1. The Kier molecular flexibility index (Phi) is 5.23. The minimum atomic E-state index is 0.265. The summed E-state index contributed by atoms with van der Waals surface area (Å²) in [7, 11) is 3.39. The van der Waals surface area contributed by atoms with Crippen molar-refractivity contribution in [2.45, 2.75) is 26.4 Å². The van der Waals surface area contributed by atoms with Gasteiger partial charge >= 0.3 is 0 Å². The lowest BCUT2D eigenvalue weighted by atomic mass is 10.1. The molecule has 2 aromatic rings. The number of ether oxygens (including phenoxy) is 2. The van der Waals surface area contributed by atoms with Gasteiger partial charge in [-0.2, -0.15) is 0 Å². The van der Waals surface area contributed by atoms with Crippen molar-refractivity contribution < 1.29 is 9.47 Å². The second-order valence-corrected chi connectivity index (χ2v) is 5.19. The SMILES string of the molecule is COc1ccc(C(C)NCc2cc(C)ccc2OC)cc1. The van der Waals surface area contributed by atoms with Crippen LogP contribution in [0.3, 0.4) is 0 Å². The van der Waals surface area contributed by atoms with Crippen molar-refractivity contribution in [1.82, 2.24) is 5.32 Å². The van der Waals surface area contributed by atoms with Gasteiger partial charge in [0.1, 0.15) is 11.5 Å². The first kappa shape index (κ1) is 15.4. The lowest BCUT2D eigenvalue weighted by molar-refractivity contribution is 0.405. The quantitative estimate of drug-likeness (QED) is 0.874. The highest BCUT2D eigenvalue weighted by Gasteiger charge is 2.08. The smallest absolute Gasteiger partial charge is 0.123 e. The van der Waals surface area contributed by atoms with E-state index >= 15 is 0 Å². The van der Waals surface area contributed by atoms with Crippen molar-refractivity contribution >= 4 is 0 Å². The summed E-state index contributed by atoms with van der Waals surface area (Å²) < 4.78 is 10.6. The average Bonchev–Trinajstić information content (AvgIpc) is 2.52. The van der Waals surface area contributed by atoms with E-state index in [9.17, 15) is 0 Å². The average molecular weight is 285 g/mol. The fraction of sp³-hybridized carbons (Fsp3) is 0.333. The number of rotatable bonds is 6. The molecule has 21 heavy (non-hydrogen) atoms. The van der Waals surface area contributed by atoms with Gasteiger partial charge in [-0.1, -0.05) is 29.8 Å². The van der Waals surface area contributed by atoms with Crippen LogP contribution in [-0.2, 0) is 6.54 Å². The van der Waals surface area contributed by atoms with Gasteiger partial charge in [0.15, 0.2) is 0 Å². The van der Waals surface area contributed by atoms with Crippen LogP contribution < -0.4 is 14.8 Å². The van der Waals surface area contributed by atoms with Gasteiger partial charge in [0.2, 0.25) is 0 Å². The molecule has 0 spiro atoms. The van der Waals surface area contributed by atoms with E-state index < -0.39 is 0 Å². The molecule has 2 aromatic carbocycles. The third-order valence-corrected chi connectivity index (χ3v) is 3.65. The first-order valence-corrected chi connectivity index (χ1v) is 7.15. The number of benzene rings is 2. The van der Waals surface area contributed by atoms with Crippen molar-refractivity contribution in [2.75, 3.05) is 14.2 Å². The molecule has 2 rings (SSSR count). The van der Waals surface area contributed by atoms with Crippen LogP contribution in [0.15, 0.2) is 42.5 Å². The van der Waals surface area contributed by atoms with E-state index in [0.29, 0.717) is 0 Å². The minimum Gasteiger partial charge on any atom is -0.497 e. The molecule has 3 heteroatoms. The summed E-state index contributed by atoms with van der Waals surface area (Å²) in [6.07, 6.45) is 0. The molecule has 0 aliphatic rings. The van der Waals surface area contributed by atoms with Gasteiger partial charge < -0.3 is 14.8 Å². The molecule has 1 unspecified atom stereocenters. The first-order chi connectivity index (χ1) is 10.1. The molecule has 0 fully saturated rings. The Balaban J connectivity index is 2.03. The number of aryl methyl sites for hydroxylation is 1. The molecule has 0 aliphatic carbocycles. The normalized spacial score (nSPS) is 12.0. The maximum Gasteiger partial charge on any atom is 0.123 e. The molecule has 3 nitrogen and oxygen atoms in total. The summed E-state index contributed by atoms with van der Waals surface area (Å²) in [5.41, 5.74) is 3.66. The van der Waals surface area contributed by atoms with E-state index in [1.807, 2.05) is 18.2 Å². The predicted molar refractivity (Wildman–Crippen MR) is 86.0 cm³/mol. The van der Waals surface area contributed by atoms with E-state index in [4.69, 9.17) is 9.47 Å². The summed E-state index contributed by atoms with van der Waals surface area (Å²) >= 11 is 0. The number of hydrogen-bond donors (Lipinski definition) is 1. The zero-order valence-electron chi connectivity index (χ0n) is 13.1. The fourth-order valence-electron chi connectivity index (χ4n) is 2.32. The Morgan fingerprint density at radius 1 is 1.00 bits per heavy atom. The Bertz CT molecular complexity index is 578. The van der Waals surface area contributed by atoms with E-state index in [0.717, 1.165) is 18.0 Å². The van der Waals surface area contributed by atoms with E-state index in [2.05, 4.69) is 43.4 Å². The largest absolute Gasteiger partial charge is 0.497 e. The lowest BCUT2D eigenvalue weighted by Crippen LogP contribution is -2.18. The van der Waals surface area contributed by atoms with Gasteiger partial charge in [0.25, 0.3) is 0 Å². The highest BCUT2D eigenvalue weighted by molar-refractivity contribution is 5.37. The molecule has 1 atom stereocenters. The second-order valence-electron chi connectivity index (χ2n) is 5.19. The Morgan fingerprint density at radius 2 is 1.71 bits per heavy atom. The van der Waals surface area contributed by atoms with Crippen molar-refractivity contribution in [3.8, 4) is 11.5 Å². The van der Waals surface area contributed by atoms with Gasteiger partial charge in [-0.05, 0) is 37.6 Å². The first-order valence-electron chi connectivity index (χ1n) is 7.15. The highest BCUT2D eigenvalue weighted by Crippen LogP contribution is 2.22. The number of nitrogens with one attached hydrogen (secondary N) is 1. The van der Waals surface area contributed by atoms with Crippen LogP contribution in [0.4, 0.5) is 0 Å². The Morgan fingerprint density at radius 3 is 2.33 bits per heavy atom. The molecule has 0 saturated carbocycles. The van der Waals surface area contributed by atoms with Crippen molar-refractivity contribution in [2.24, 2.45) is 0 Å². The highest BCUT2D eigenvalue weighted by atomic mass is 16.5. The van der Waals surface area contributed by atoms with Crippen molar-refractivity contribution in [3.63, 3.8) is 0 Å². The van der Waals surface area contributed by atoms with E-state index in [1.54, 1.807) is 14.2 Å². The molecular weight excluding hydrogens is 262 g/mol. The summed E-state index contributed by atoms with van der Waals surface area (Å²) in [4.78, 5) is 0. The molecule has 0 saturated heterocycles. The Hall–Kier alpha value is -2.00. The molecule has 0 amide bonds.